The number of unbranched alkanes of at least 4 members (excludes halogenated alkanes) is 2. The summed E-state index contributed by atoms with van der Waals surface area (Å²) in [7, 11) is 3.55. The smallest absolute Gasteiger partial charge is 0.416 e. The maximum Gasteiger partial charge on any atom is 0.416 e. The van der Waals surface area contributed by atoms with Crippen LogP contribution in [0.3, 0.4) is 0 Å². The Morgan fingerprint density at radius 2 is 1.32 bits per heavy atom. The predicted molar refractivity (Wildman–Crippen MR) is 347 cm³/mol. The zero-order valence-corrected chi connectivity index (χ0v) is 53.6. The first-order valence-corrected chi connectivity index (χ1v) is 32.7. The summed E-state index contributed by atoms with van der Waals surface area (Å²) in [6.07, 6.45) is -3.86. The van der Waals surface area contributed by atoms with Crippen molar-refractivity contribution in [2.75, 3.05) is 104 Å². The molecular weight excluding hydrogens is 1240 g/mol. The van der Waals surface area contributed by atoms with Crippen LogP contribution in [0.15, 0.2) is 146 Å². The molecule has 506 valence electrons. The summed E-state index contributed by atoms with van der Waals surface area (Å²) in [6, 6.07) is 39.3. The van der Waals surface area contributed by atoms with Crippen LogP contribution in [-0.4, -0.2) is 159 Å². The lowest BCUT2D eigenvalue weighted by atomic mass is 9.72. The minimum Gasteiger partial charge on any atom is -0.446 e. The van der Waals surface area contributed by atoms with Gasteiger partial charge in [0.2, 0.25) is 11.8 Å². The molecule has 0 saturated carbocycles. The summed E-state index contributed by atoms with van der Waals surface area (Å²) in [4.78, 5) is 75.4. The Morgan fingerprint density at radius 3 is 2.02 bits per heavy atom. The number of Topliss-reactive ketones (excluding diaryl/α,β-unsaturated/α-hetero) is 1. The maximum absolute atomic E-state index is 14.2. The Balaban J connectivity index is 0.604. The molecule has 6 aromatic rings. The summed E-state index contributed by atoms with van der Waals surface area (Å²) in [5.41, 5.74) is 1.22. The van der Waals surface area contributed by atoms with Gasteiger partial charge in [0, 0.05) is 101 Å². The first-order chi connectivity index (χ1) is 45.6. The number of hydrogen-bond acceptors (Lipinski definition) is 11. The molecule has 2 atom stereocenters. The number of likely N-dealkylation sites (N-methyl/N-ethyl adjacent to an activating group) is 2. The summed E-state index contributed by atoms with van der Waals surface area (Å²) in [6.45, 7) is 4.85. The van der Waals surface area contributed by atoms with Crippen LogP contribution >= 0.6 is 0 Å². The quantitative estimate of drug-likeness (QED) is 0.0303. The molecule has 95 heavy (non-hydrogen) atoms. The average molecular weight is 1320 g/mol. The lowest BCUT2D eigenvalue weighted by Gasteiger charge is -2.44. The molecule has 4 amide bonds. The highest BCUT2D eigenvalue weighted by atomic mass is 19.4. The van der Waals surface area contributed by atoms with Crippen molar-refractivity contribution in [1.29, 1.82) is 0 Å². The summed E-state index contributed by atoms with van der Waals surface area (Å²) in [5.74, 6) is -1.73. The van der Waals surface area contributed by atoms with Gasteiger partial charge in [-0.25, -0.2) is 9.18 Å². The Hall–Kier alpha value is -8.18. The predicted octanol–water partition coefficient (Wildman–Crippen LogP) is 13.5. The zero-order chi connectivity index (χ0) is 67.3. The molecule has 1 aliphatic carbocycles. The van der Waals surface area contributed by atoms with Crippen LogP contribution in [-0.2, 0) is 53.6 Å². The number of hydrogen-bond donors (Lipinski definition) is 2. The molecule has 22 heteroatoms. The number of anilines is 2. The van der Waals surface area contributed by atoms with Crippen LogP contribution in [0.5, 0.6) is 0 Å². The molecule has 0 radical (unpaired) electrons. The van der Waals surface area contributed by atoms with Gasteiger partial charge in [0.25, 0.3) is 5.91 Å². The number of likely N-dealkylation sites (tertiary alicyclic amines) is 2. The van der Waals surface area contributed by atoms with Crippen LogP contribution in [0, 0.1) is 5.82 Å². The van der Waals surface area contributed by atoms with E-state index in [2.05, 4.69) is 32.6 Å². The highest BCUT2D eigenvalue weighted by molar-refractivity contribution is 5.96. The number of ether oxygens (including phenoxy) is 3. The van der Waals surface area contributed by atoms with E-state index in [1.54, 1.807) is 29.0 Å². The highest BCUT2D eigenvalue weighted by Crippen LogP contribution is 2.48. The van der Waals surface area contributed by atoms with E-state index in [1.807, 2.05) is 85.9 Å². The largest absolute Gasteiger partial charge is 0.446 e. The van der Waals surface area contributed by atoms with Gasteiger partial charge in [-0.3, -0.25) is 24.5 Å². The minimum absolute atomic E-state index is 0.0292. The van der Waals surface area contributed by atoms with E-state index >= 15 is 0 Å². The monoisotopic (exact) mass is 1320 g/mol. The van der Waals surface area contributed by atoms with Crippen molar-refractivity contribution in [2.24, 2.45) is 0 Å². The standard InChI is InChI=1S/C73H82F7N7O8/c1-83(36-13-20-64(88)52-22-28-59(29-23-52)81-35-12-4-7-21-66(89)84(2)42-43-85-37-30-60(31-38-85)95-69(92)82-63-19-11-9-17-61(63)51-14-5-3-6-15-51)67(90)48-93-65-46-53-16-8-10-18-62(53)70(65)32-39-86(40-33-70)41-34-71(55-24-26-58(74)27-25-55)49-87(50-94-71)68(91)54-44-56(72(75,76)77)47-57(45-54)73(78,79)80/h3,5-6,8-11,14-19,22-29,44-45,47,60,65,81H,4,7,12-13,20-21,30-43,46,48-50H2,1-2H3,(H,82,92)/t65-,71-/m0/s1. The van der Waals surface area contributed by atoms with Gasteiger partial charge in [-0.15, -0.1) is 0 Å². The number of amides is 4. The first-order valence-electron chi connectivity index (χ1n) is 32.7. The molecule has 3 saturated heterocycles. The van der Waals surface area contributed by atoms with Gasteiger partial charge in [-0.1, -0.05) is 91.3 Å². The lowest BCUT2D eigenvalue weighted by Crippen LogP contribution is -2.50. The molecule has 0 unspecified atom stereocenters. The minimum atomic E-state index is -5.15. The fourth-order valence-electron chi connectivity index (χ4n) is 13.5. The van der Waals surface area contributed by atoms with Crippen LogP contribution in [0.2, 0.25) is 0 Å². The maximum atomic E-state index is 14.2. The fraction of sp³-hybridized carbons (Fsp3) is 0.438. The van der Waals surface area contributed by atoms with Crippen LogP contribution in [0.1, 0.15) is 119 Å². The average Bonchev–Trinajstić information content (AvgIpc) is 1.61. The van der Waals surface area contributed by atoms with Crippen molar-refractivity contribution in [2.45, 2.75) is 113 Å². The number of benzene rings is 6. The summed E-state index contributed by atoms with van der Waals surface area (Å²) < 4.78 is 115. The second kappa shape index (κ2) is 31.1. The Morgan fingerprint density at radius 1 is 0.663 bits per heavy atom. The van der Waals surface area contributed by atoms with Gasteiger partial charge in [0.15, 0.2) is 5.78 Å². The van der Waals surface area contributed by atoms with Crippen molar-refractivity contribution in [3.8, 4) is 11.1 Å². The molecular formula is C73H82F7N7O8. The van der Waals surface area contributed by atoms with Gasteiger partial charge in [0.05, 0.1) is 29.5 Å². The van der Waals surface area contributed by atoms with Gasteiger partial charge in [0.1, 0.15) is 30.9 Å². The van der Waals surface area contributed by atoms with E-state index in [4.69, 9.17) is 14.2 Å². The number of alkyl halides is 6. The van der Waals surface area contributed by atoms with E-state index in [0.29, 0.717) is 93.8 Å². The number of halogens is 7. The normalized spacial score (nSPS) is 18.3. The molecule has 0 bridgehead atoms. The van der Waals surface area contributed by atoms with Crippen LogP contribution in [0.25, 0.3) is 11.1 Å². The summed E-state index contributed by atoms with van der Waals surface area (Å²) >= 11 is 0. The molecule has 3 aliphatic heterocycles. The number of carbonyl (C=O) groups excluding carboxylic acids is 5. The number of nitrogens with zero attached hydrogens (tertiary/aromatic N) is 5. The topological polar surface area (TPSA) is 153 Å². The first kappa shape index (κ1) is 69.6. The molecule has 15 nitrogen and oxygen atoms in total. The molecule has 3 heterocycles. The van der Waals surface area contributed by atoms with Gasteiger partial charge < -0.3 is 44.0 Å². The second-order valence-electron chi connectivity index (χ2n) is 25.4. The Labute approximate surface area is 549 Å². The third-order valence-corrected chi connectivity index (χ3v) is 19.2. The van der Waals surface area contributed by atoms with Gasteiger partial charge >= 0.3 is 18.4 Å². The number of carbonyl (C=O) groups is 5. The lowest BCUT2D eigenvalue weighted by molar-refractivity contribution is -0.143. The van der Waals surface area contributed by atoms with Crippen molar-refractivity contribution < 1.29 is 68.9 Å². The van der Waals surface area contributed by atoms with Crippen molar-refractivity contribution >= 4 is 41.0 Å². The third kappa shape index (κ3) is 17.8. The number of nitrogens with one attached hydrogen (secondary N) is 2. The highest BCUT2D eigenvalue weighted by Gasteiger charge is 2.50. The second-order valence-corrected chi connectivity index (χ2v) is 25.4. The molecule has 10 rings (SSSR count). The Kier molecular flexibility index (Phi) is 22.8. The molecule has 1 spiro atoms. The molecule has 3 fully saturated rings. The van der Waals surface area contributed by atoms with E-state index < -0.39 is 64.6 Å². The summed E-state index contributed by atoms with van der Waals surface area (Å²) in [5, 5.41) is 6.34. The van der Waals surface area contributed by atoms with Crippen molar-refractivity contribution in [1.82, 2.24) is 24.5 Å². The van der Waals surface area contributed by atoms with Gasteiger partial charge in [-0.2, -0.15) is 26.3 Å². The number of piperidine rings is 2. The fourth-order valence-corrected chi connectivity index (χ4v) is 13.5. The molecule has 6 aromatic carbocycles. The number of fused-ring (bicyclic) bond motifs is 2. The molecule has 2 N–H and O–H groups in total. The number of ketones is 1. The van der Waals surface area contributed by atoms with Gasteiger partial charge in [-0.05, 0) is 154 Å². The van der Waals surface area contributed by atoms with E-state index in [9.17, 15) is 54.7 Å². The van der Waals surface area contributed by atoms with Crippen molar-refractivity contribution in [3.05, 3.63) is 190 Å². The van der Waals surface area contributed by atoms with Crippen LogP contribution < -0.4 is 10.6 Å². The molecule has 0 aromatic heterocycles. The van der Waals surface area contributed by atoms with E-state index in [-0.39, 0.29) is 61.9 Å². The molecule has 4 aliphatic rings. The number of rotatable bonds is 26. The van der Waals surface area contributed by atoms with Crippen molar-refractivity contribution in [3.63, 3.8) is 0 Å². The van der Waals surface area contributed by atoms with E-state index in [0.717, 1.165) is 91.1 Å². The zero-order valence-electron chi connectivity index (χ0n) is 53.6. The van der Waals surface area contributed by atoms with Crippen LogP contribution in [0.4, 0.5) is 46.9 Å². The third-order valence-electron chi connectivity index (χ3n) is 19.2. The SMILES string of the molecule is CN(CCN1CCC(OC(=O)Nc2ccccc2-c2ccccc2)CC1)C(=O)CCCCCNc1ccc(C(=O)CCCN(C)C(=O)CO[C@H]2Cc3ccccc3C23CCN(CC[C@@]2(c4ccc(F)cc4)CN(C(=O)c4cc(C(F)(F)F)cc(C(F)(F)F)c4)CO2)CC3)cc1. The number of para-hydroxylation sites is 1. The Bertz CT molecular complexity index is 3570. The van der Waals surface area contributed by atoms with E-state index in [1.165, 1.54) is 24.3 Å².